The smallest absolute Gasteiger partial charge is 0.255 e. The largest absolute Gasteiger partial charge is 0.506 e. The Hall–Kier alpha value is -2.49. The first-order valence-electron chi connectivity index (χ1n) is 6.03. The SMILES string of the molecule is CCOc1ccc(C(=O)Nc2ccccc2O)cc1. The Morgan fingerprint density at radius 1 is 1.16 bits per heavy atom. The van der Waals surface area contributed by atoms with Crippen LogP contribution in [0, 0.1) is 0 Å². The van der Waals surface area contributed by atoms with Crippen LogP contribution < -0.4 is 10.1 Å². The molecule has 0 saturated heterocycles. The van der Waals surface area contributed by atoms with Crippen LogP contribution in [-0.2, 0) is 0 Å². The van der Waals surface area contributed by atoms with Crippen LogP contribution in [-0.4, -0.2) is 17.6 Å². The monoisotopic (exact) mass is 257 g/mol. The van der Waals surface area contributed by atoms with Crippen LogP contribution in [0.15, 0.2) is 48.5 Å². The van der Waals surface area contributed by atoms with E-state index >= 15 is 0 Å². The second-order valence-electron chi connectivity index (χ2n) is 3.93. The zero-order valence-corrected chi connectivity index (χ0v) is 10.6. The molecular weight excluding hydrogens is 242 g/mol. The predicted octanol–water partition coefficient (Wildman–Crippen LogP) is 3.04. The number of phenols is 1. The predicted molar refractivity (Wildman–Crippen MR) is 73.7 cm³/mol. The van der Waals surface area contributed by atoms with Crippen molar-refractivity contribution in [2.45, 2.75) is 6.92 Å². The molecular formula is C15H15NO3. The molecule has 0 aromatic heterocycles. The maximum atomic E-state index is 12.0. The molecule has 2 aromatic carbocycles. The molecule has 2 aromatic rings. The van der Waals surface area contributed by atoms with E-state index in [0.29, 0.717) is 17.9 Å². The van der Waals surface area contributed by atoms with Crippen molar-refractivity contribution in [2.75, 3.05) is 11.9 Å². The van der Waals surface area contributed by atoms with Gasteiger partial charge in [-0.3, -0.25) is 4.79 Å². The van der Waals surface area contributed by atoms with E-state index in [1.807, 2.05) is 6.92 Å². The fourth-order valence-electron chi connectivity index (χ4n) is 1.64. The lowest BCUT2D eigenvalue weighted by Gasteiger charge is -2.08. The number of benzene rings is 2. The Morgan fingerprint density at radius 3 is 2.47 bits per heavy atom. The summed E-state index contributed by atoms with van der Waals surface area (Å²) in [6.45, 7) is 2.49. The molecule has 4 nitrogen and oxygen atoms in total. The summed E-state index contributed by atoms with van der Waals surface area (Å²) in [5.41, 5.74) is 0.896. The maximum absolute atomic E-state index is 12.0. The van der Waals surface area contributed by atoms with Crippen LogP contribution in [0.2, 0.25) is 0 Å². The van der Waals surface area contributed by atoms with Crippen molar-refractivity contribution in [1.29, 1.82) is 0 Å². The molecule has 0 fully saturated rings. The molecule has 0 atom stereocenters. The minimum Gasteiger partial charge on any atom is -0.506 e. The van der Waals surface area contributed by atoms with E-state index in [-0.39, 0.29) is 11.7 Å². The van der Waals surface area contributed by atoms with Crippen LogP contribution >= 0.6 is 0 Å². The molecule has 0 unspecified atom stereocenters. The fraction of sp³-hybridized carbons (Fsp3) is 0.133. The Morgan fingerprint density at radius 2 is 1.84 bits per heavy atom. The molecule has 0 aliphatic rings. The summed E-state index contributed by atoms with van der Waals surface area (Å²) < 4.78 is 5.31. The van der Waals surface area contributed by atoms with Crippen LogP contribution in [0.3, 0.4) is 0 Å². The van der Waals surface area contributed by atoms with Crippen LogP contribution in [0.25, 0.3) is 0 Å². The highest BCUT2D eigenvalue weighted by Gasteiger charge is 2.08. The molecule has 0 spiro atoms. The highest BCUT2D eigenvalue weighted by atomic mass is 16.5. The number of aromatic hydroxyl groups is 1. The molecule has 0 radical (unpaired) electrons. The van der Waals surface area contributed by atoms with E-state index in [1.165, 1.54) is 6.07 Å². The number of hydrogen-bond acceptors (Lipinski definition) is 3. The number of para-hydroxylation sites is 2. The minimum absolute atomic E-state index is 0.0433. The summed E-state index contributed by atoms with van der Waals surface area (Å²) in [6.07, 6.45) is 0. The number of carbonyl (C=O) groups excluding carboxylic acids is 1. The maximum Gasteiger partial charge on any atom is 0.255 e. The second kappa shape index (κ2) is 5.91. The molecule has 98 valence electrons. The molecule has 2 N–H and O–H groups in total. The minimum atomic E-state index is -0.274. The first-order valence-corrected chi connectivity index (χ1v) is 6.03. The van der Waals surface area contributed by atoms with E-state index in [9.17, 15) is 9.90 Å². The Bertz CT molecular complexity index is 564. The van der Waals surface area contributed by atoms with Gasteiger partial charge < -0.3 is 15.2 Å². The van der Waals surface area contributed by atoms with Crippen molar-refractivity contribution < 1.29 is 14.6 Å². The average Bonchev–Trinajstić information content (AvgIpc) is 2.42. The van der Waals surface area contributed by atoms with E-state index in [4.69, 9.17) is 4.74 Å². The first-order chi connectivity index (χ1) is 9.20. The highest BCUT2D eigenvalue weighted by molar-refractivity contribution is 6.05. The highest BCUT2D eigenvalue weighted by Crippen LogP contribution is 2.22. The number of anilines is 1. The van der Waals surface area contributed by atoms with Gasteiger partial charge in [0.1, 0.15) is 11.5 Å². The van der Waals surface area contributed by atoms with Gasteiger partial charge in [0.25, 0.3) is 5.91 Å². The van der Waals surface area contributed by atoms with Gasteiger partial charge in [-0.1, -0.05) is 12.1 Å². The molecule has 19 heavy (non-hydrogen) atoms. The van der Waals surface area contributed by atoms with Crippen molar-refractivity contribution in [3.63, 3.8) is 0 Å². The van der Waals surface area contributed by atoms with Crippen LogP contribution in [0.4, 0.5) is 5.69 Å². The van der Waals surface area contributed by atoms with Gasteiger partial charge in [0.15, 0.2) is 0 Å². The van der Waals surface area contributed by atoms with Gasteiger partial charge in [-0.25, -0.2) is 0 Å². The summed E-state index contributed by atoms with van der Waals surface area (Å²) in [7, 11) is 0. The van der Waals surface area contributed by atoms with Gasteiger partial charge in [-0.15, -0.1) is 0 Å². The summed E-state index contributed by atoms with van der Waals surface area (Å²) in [4.78, 5) is 12.0. The molecule has 0 aliphatic carbocycles. The zero-order chi connectivity index (χ0) is 13.7. The Labute approximate surface area is 111 Å². The number of hydrogen-bond donors (Lipinski definition) is 2. The number of phenolic OH excluding ortho intramolecular Hbond substituents is 1. The van der Waals surface area contributed by atoms with Gasteiger partial charge in [0, 0.05) is 5.56 Å². The first kappa shape index (κ1) is 13.0. The topological polar surface area (TPSA) is 58.6 Å². The van der Waals surface area contributed by atoms with E-state index < -0.39 is 0 Å². The molecule has 0 saturated carbocycles. The third kappa shape index (κ3) is 3.25. The number of ether oxygens (including phenoxy) is 1. The van der Waals surface area contributed by atoms with Crippen molar-refractivity contribution in [1.82, 2.24) is 0 Å². The molecule has 2 rings (SSSR count). The van der Waals surface area contributed by atoms with E-state index in [0.717, 1.165) is 5.75 Å². The van der Waals surface area contributed by atoms with Crippen molar-refractivity contribution in [3.05, 3.63) is 54.1 Å². The van der Waals surface area contributed by atoms with Gasteiger partial charge in [-0.05, 0) is 43.3 Å². The van der Waals surface area contributed by atoms with Gasteiger partial charge in [0.2, 0.25) is 0 Å². The molecule has 4 heteroatoms. The number of carbonyl (C=O) groups is 1. The summed E-state index contributed by atoms with van der Waals surface area (Å²) >= 11 is 0. The number of amides is 1. The summed E-state index contributed by atoms with van der Waals surface area (Å²) in [5, 5.41) is 12.2. The summed E-state index contributed by atoms with van der Waals surface area (Å²) in [5.74, 6) is 0.493. The van der Waals surface area contributed by atoms with Crippen LogP contribution in [0.1, 0.15) is 17.3 Å². The molecule has 1 amide bonds. The van der Waals surface area contributed by atoms with E-state index in [1.54, 1.807) is 42.5 Å². The average molecular weight is 257 g/mol. The molecule has 0 bridgehead atoms. The lowest BCUT2D eigenvalue weighted by Crippen LogP contribution is -2.11. The number of rotatable bonds is 4. The second-order valence-corrected chi connectivity index (χ2v) is 3.93. The molecule has 0 aliphatic heterocycles. The Balaban J connectivity index is 2.10. The quantitative estimate of drug-likeness (QED) is 0.828. The number of nitrogens with one attached hydrogen (secondary N) is 1. The molecule has 0 heterocycles. The van der Waals surface area contributed by atoms with Gasteiger partial charge in [0.05, 0.1) is 12.3 Å². The van der Waals surface area contributed by atoms with Crippen molar-refractivity contribution in [3.8, 4) is 11.5 Å². The Kier molecular flexibility index (Phi) is 4.03. The fourth-order valence-corrected chi connectivity index (χ4v) is 1.64. The third-order valence-corrected chi connectivity index (χ3v) is 2.58. The zero-order valence-electron chi connectivity index (χ0n) is 10.6. The van der Waals surface area contributed by atoms with Crippen molar-refractivity contribution >= 4 is 11.6 Å². The van der Waals surface area contributed by atoms with E-state index in [2.05, 4.69) is 5.32 Å². The summed E-state index contributed by atoms with van der Waals surface area (Å²) in [6, 6.07) is 13.4. The standard InChI is InChI=1S/C15H15NO3/c1-2-19-12-9-7-11(8-10-12)15(18)16-13-5-3-4-6-14(13)17/h3-10,17H,2H2,1H3,(H,16,18). The normalized spacial score (nSPS) is 9.95. The van der Waals surface area contributed by atoms with Crippen molar-refractivity contribution in [2.24, 2.45) is 0 Å². The van der Waals surface area contributed by atoms with Crippen LogP contribution in [0.5, 0.6) is 11.5 Å². The van der Waals surface area contributed by atoms with Gasteiger partial charge >= 0.3 is 0 Å². The lowest BCUT2D eigenvalue weighted by molar-refractivity contribution is 0.102. The third-order valence-electron chi connectivity index (χ3n) is 2.58. The van der Waals surface area contributed by atoms with Gasteiger partial charge in [-0.2, -0.15) is 0 Å². The lowest BCUT2D eigenvalue weighted by atomic mass is 10.2.